The highest BCUT2D eigenvalue weighted by Crippen LogP contribution is 2.27. The lowest BCUT2D eigenvalue weighted by Gasteiger charge is -2.17. The third-order valence-electron chi connectivity index (χ3n) is 4.79. The number of hydrogen-bond donors (Lipinski definition) is 1. The van der Waals surface area contributed by atoms with Crippen molar-refractivity contribution in [2.24, 2.45) is 0 Å². The number of likely N-dealkylation sites (tertiary alicyclic amines) is 1. The summed E-state index contributed by atoms with van der Waals surface area (Å²) >= 11 is 0. The predicted molar refractivity (Wildman–Crippen MR) is 97.3 cm³/mol. The highest BCUT2D eigenvalue weighted by Gasteiger charge is 2.26. The quantitative estimate of drug-likeness (QED) is 0.802. The van der Waals surface area contributed by atoms with Crippen molar-refractivity contribution in [3.63, 3.8) is 0 Å². The number of rotatable bonds is 4. The number of benzene rings is 1. The smallest absolute Gasteiger partial charge is 0.177 e. The Balaban J connectivity index is 1.42. The minimum absolute atomic E-state index is 0.472. The topological polar surface area (TPSA) is 48.1 Å². The Morgan fingerprint density at radius 1 is 1.21 bits per heavy atom. The molecule has 0 radical (unpaired) electrons. The van der Waals surface area contributed by atoms with E-state index in [0.717, 1.165) is 43.0 Å². The Kier molecular flexibility index (Phi) is 3.94. The number of nitrogens with zero attached hydrogens (tertiary/aromatic N) is 4. The Bertz CT molecular complexity index is 788. The first-order valence-corrected chi connectivity index (χ1v) is 8.48. The van der Waals surface area contributed by atoms with E-state index in [2.05, 4.69) is 63.1 Å². The van der Waals surface area contributed by atoms with Crippen LogP contribution in [0, 0.1) is 0 Å². The van der Waals surface area contributed by atoms with Crippen LogP contribution in [0.5, 0.6) is 0 Å². The summed E-state index contributed by atoms with van der Waals surface area (Å²) in [7, 11) is 4.14. The van der Waals surface area contributed by atoms with Crippen LogP contribution in [0.25, 0.3) is 11.2 Å². The molecule has 1 atom stereocenters. The van der Waals surface area contributed by atoms with Crippen molar-refractivity contribution in [2.45, 2.75) is 18.9 Å². The van der Waals surface area contributed by atoms with Gasteiger partial charge in [0.15, 0.2) is 5.65 Å². The van der Waals surface area contributed by atoms with Crippen molar-refractivity contribution in [1.29, 1.82) is 0 Å². The van der Waals surface area contributed by atoms with Crippen molar-refractivity contribution in [1.82, 2.24) is 19.9 Å². The molecule has 1 fully saturated rings. The maximum Gasteiger partial charge on any atom is 0.177 e. The molecule has 5 nitrogen and oxygen atoms in total. The first-order chi connectivity index (χ1) is 11.7. The van der Waals surface area contributed by atoms with E-state index in [4.69, 9.17) is 0 Å². The van der Waals surface area contributed by atoms with E-state index < -0.39 is 0 Å². The van der Waals surface area contributed by atoms with E-state index in [1.165, 1.54) is 11.3 Å². The summed E-state index contributed by atoms with van der Waals surface area (Å²) < 4.78 is 0. The van der Waals surface area contributed by atoms with E-state index in [1.54, 1.807) is 6.20 Å². The van der Waals surface area contributed by atoms with Gasteiger partial charge < -0.3 is 9.88 Å². The fourth-order valence-corrected chi connectivity index (χ4v) is 3.41. The molecule has 0 amide bonds. The minimum Gasteiger partial charge on any atom is -0.378 e. The molecule has 1 aliphatic heterocycles. The van der Waals surface area contributed by atoms with Gasteiger partial charge in [0.1, 0.15) is 5.82 Å². The maximum atomic E-state index is 4.67. The monoisotopic (exact) mass is 321 g/mol. The second-order valence-corrected chi connectivity index (χ2v) is 6.78. The third-order valence-corrected chi connectivity index (χ3v) is 4.79. The molecule has 1 N–H and O–H groups in total. The molecule has 3 aromatic rings. The molecule has 1 aliphatic rings. The molecule has 0 aliphatic carbocycles. The van der Waals surface area contributed by atoms with Crippen LogP contribution in [0.4, 0.5) is 5.69 Å². The fraction of sp³-hybridized carbons (Fsp3) is 0.368. The molecule has 0 saturated carbocycles. The largest absolute Gasteiger partial charge is 0.378 e. The second kappa shape index (κ2) is 6.24. The lowest BCUT2D eigenvalue weighted by molar-refractivity contribution is 0.326. The van der Waals surface area contributed by atoms with Gasteiger partial charge in [0.2, 0.25) is 0 Å². The lowest BCUT2D eigenvalue weighted by atomic mass is 10.1. The number of H-pyrrole nitrogens is 1. The summed E-state index contributed by atoms with van der Waals surface area (Å²) in [6.07, 6.45) is 2.95. The van der Waals surface area contributed by atoms with Crippen molar-refractivity contribution in [2.75, 3.05) is 32.1 Å². The van der Waals surface area contributed by atoms with Gasteiger partial charge in [0.05, 0.1) is 5.52 Å². The molecule has 1 saturated heterocycles. The van der Waals surface area contributed by atoms with Crippen LogP contribution < -0.4 is 4.90 Å². The predicted octanol–water partition coefficient (Wildman–Crippen LogP) is 3.01. The molecule has 1 aromatic carbocycles. The maximum absolute atomic E-state index is 4.67. The summed E-state index contributed by atoms with van der Waals surface area (Å²) in [6.45, 7) is 3.17. The van der Waals surface area contributed by atoms with Crippen LogP contribution >= 0.6 is 0 Å². The summed E-state index contributed by atoms with van der Waals surface area (Å²) in [5, 5.41) is 0. The van der Waals surface area contributed by atoms with Crippen molar-refractivity contribution < 1.29 is 0 Å². The first-order valence-electron chi connectivity index (χ1n) is 8.48. The van der Waals surface area contributed by atoms with Crippen molar-refractivity contribution >= 4 is 16.9 Å². The van der Waals surface area contributed by atoms with E-state index in [9.17, 15) is 0 Å². The number of nitrogens with one attached hydrogen (secondary N) is 1. The number of fused-ring (bicyclic) bond motifs is 1. The number of pyridine rings is 1. The average Bonchev–Trinajstić information content (AvgIpc) is 3.21. The average molecular weight is 321 g/mol. The molecule has 0 bridgehead atoms. The Hall–Kier alpha value is -2.40. The van der Waals surface area contributed by atoms with Crippen molar-refractivity contribution in [3.8, 4) is 0 Å². The van der Waals surface area contributed by atoms with Crippen LogP contribution in [0.2, 0.25) is 0 Å². The van der Waals surface area contributed by atoms with E-state index >= 15 is 0 Å². The highest BCUT2D eigenvalue weighted by molar-refractivity contribution is 5.70. The lowest BCUT2D eigenvalue weighted by Crippen LogP contribution is -2.20. The highest BCUT2D eigenvalue weighted by atomic mass is 15.2. The van der Waals surface area contributed by atoms with Gasteiger partial charge in [-0.1, -0.05) is 12.1 Å². The van der Waals surface area contributed by atoms with Crippen LogP contribution in [-0.4, -0.2) is 47.0 Å². The Morgan fingerprint density at radius 3 is 2.79 bits per heavy atom. The Labute approximate surface area is 142 Å². The van der Waals surface area contributed by atoms with E-state index in [-0.39, 0.29) is 0 Å². The summed E-state index contributed by atoms with van der Waals surface area (Å²) in [4.78, 5) is 17.1. The zero-order chi connectivity index (χ0) is 16.5. The fourth-order valence-electron chi connectivity index (χ4n) is 3.41. The molecule has 0 unspecified atom stereocenters. The summed E-state index contributed by atoms with van der Waals surface area (Å²) in [5.74, 6) is 1.55. The van der Waals surface area contributed by atoms with Crippen LogP contribution in [0.1, 0.15) is 23.7 Å². The van der Waals surface area contributed by atoms with E-state index in [0.29, 0.717) is 5.92 Å². The number of imidazole rings is 1. The molecule has 0 spiro atoms. The van der Waals surface area contributed by atoms with Crippen LogP contribution in [0.15, 0.2) is 42.6 Å². The molecule has 4 rings (SSSR count). The molecule has 2 aromatic heterocycles. The minimum atomic E-state index is 0.472. The van der Waals surface area contributed by atoms with Gasteiger partial charge in [0, 0.05) is 45.0 Å². The van der Waals surface area contributed by atoms with E-state index in [1.807, 2.05) is 12.1 Å². The van der Waals surface area contributed by atoms with Gasteiger partial charge in [-0.15, -0.1) is 0 Å². The van der Waals surface area contributed by atoms with Crippen LogP contribution in [-0.2, 0) is 6.54 Å². The van der Waals surface area contributed by atoms with Gasteiger partial charge in [-0.3, -0.25) is 4.90 Å². The van der Waals surface area contributed by atoms with Gasteiger partial charge >= 0.3 is 0 Å². The molecular weight excluding hydrogens is 298 g/mol. The van der Waals surface area contributed by atoms with Crippen LogP contribution in [0.3, 0.4) is 0 Å². The van der Waals surface area contributed by atoms with Crippen molar-refractivity contribution in [3.05, 3.63) is 54.0 Å². The number of anilines is 1. The SMILES string of the molecule is CN(C)c1ccc(CN2CC[C@H](c3nc4ncccc4[nH]3)C2)cc1. The molecule has 5 heteroatoms. The molecule has 124 valence electrons. The van der Waals surface area contributed by atoms with Gasteiger partial charge in [-0.25, -0.2) is 9.97 Å². The normalized spacial score (nSPS) is 18.3. The number of aromatic amines is 1. The molecule has 24 heavy (non-hydrogen) atoms. The Morgan fingerprint density at radius 2 is 2.04 bits per heavy atom. The number of hydrogen-bond acceptors (Lipinski definition) is 4. The van der Waals surface area contributed by atoms with Gasteiger partial charge in [0.25, 0.3) is 0 Å². The second-order valence-electron chi connectivity index (χ2n) is 6.78. The summed E-state index contributed by atoms with van der Waals surface area (Å²) in [5.41, 5.74) is 4.47. The third kappa shape index (κ3) is 2.99. The first kappa shape index (κ1) is 15.1. The summed E-state index contributed by atoms with van der Waals surface area (Å²) in [6, 6.07) is 12.8. The standard InChI is InChI=1S/C19H23N5/c1-23(2)16-7-5-14(6-8-16)12-24-11-9-15(13-24)18-21-17-4-3-10-20-19(17)22-18/h3-8,10,15H,9,11-13H2,1-2H3,(H,20,21,22)/t15-/m0/s1. The van der Waals surface area contributed by atoms with Gasteiger partial charge in [-0.2, -0.15) is 0 Å². The zero-order valence-electron chi connectivity index (χ0n) is 14.2. The number of aromatic nitrogens is 3. The molecule has 3 heterocycles. The molecular formula is C19H23N5. The zero-order valence-corrected chi connectivity index (χ0v) is 14.2. The van der Waals surface area contributed by atoms with Gasteiger partial charge in [-0.05, 0) is 42.8 Å².